The van der Waals surface area contributed by atoms with Crippen LogP contribution in [0.1, 0.15) is 0 Å². The summed E-state index contributed by atoms with van der Waals surface area (Å²) in [4.78, 5) is 4.19. The van der Waals surface area contributed by atoms with Crippen molar-refractivity contribution in [2.45, 2.75) is 5.03 Å². The predicted octanol–water partition coefficient (Wildman–Crippen LogP) is 3.49. The summed E-state index contributed by atoms with van der Waals surface area (Å²) in [5, 5.41) is 1.50. The Hall–Kier alpha value is -1.39. The Labute approximate surface area is 115 Å². The molecule has 0 radical (unpaired) electrons. The molecule has 1 aromatic heterocycles. The van der Waals surface area contributed by atoms with Gasteiger partial charge >= 0.3 is 0 Å². The zero-order valence-electron chi connectivity index (χ0n) is 9.67. The molecule has 5 heteroatoms. The average Bonchev–Trinajstić information content (AvgIpc) is 2.37. The van der Waals surface area contributed by atoms with Gasteiger partial charge in [0.05, 0.1) is 11.6 Å². The highest BCUT2D eigenvalue weighted by atomic mass is 35.5. The first-order valence-electron chi connectivity index (χ1n) is 5.47. The maximum Gasteiger partial charge on any atom is 0.121 e. The summed E-state index contributed by atoms with van der Waals surface area (Å²) in [6.07, 6.45) is 1.73. The molecule has 1 aromatic carbocycles. The number of nitrogens with zero attached hydrogens (tertiary/aromatic N) is 1. The van der Waals surface area contributed by atoms with Crippen LogP contribution in [0.4, 0.5) is 5.69 Å². The molecule has 94 valence electrons. The minimum absolute atomic E-state index is 0.584. The summed E-state index contributed by atoms with van der Waals surface area (Å²) < 4.78 is 5.58. The van der Waals surface area contributed by atoms with Crippen molar-refractivity contribution in [2.75, 3.05) is 18.1 Å². The van der Waals surface area contributed by atoms with E-state index < -0.39 is 0 Å². The number of nitrogen functional groups attached to an aromatic ring is 1. The van der Waals surface area contributed by atoms with Gasteiger partial charge in [-0.15, -0.1) is 11.8 Å². The quantitative estimate of drug-likeness (QED) is 0.517. The second-order valence-corrected chi connectivity index (χ2v) is 5.05. The molecule has 0 aliphatic carbocycles. The van der Waals surface area contributed by atoms with E-state index >= 15 is 0 Å². The van der Waals surface area contributed by atoms with Gasteiger partial charge in [0.1, 0.15) is 10.8 Å². The Morgan fingerprint density at radius 2 is 2.17 bits per heavy atom. The van der Waals surface area contributed by atoms with Crippen LogP contribution in [-0.2, 0) is 0 Å². The third-order valence-electron chi connectivity index (χ3n) is 2.17. The highest BCUT2D eigenvalue weighted by molar-refractivity contribution is 7.99. The van der Waals surface area contributed by atoms with Gasteiger partial charge in [0.25, 0.3) is 0 Å². The molecule has 2 rings (SSSR count). The lowest BCUT2D eigenvalue weighted by atomic mass is 10.3. The van der Waals surface area contributed by atoms with Gasteiger partial charge < -0.3 is 10.5 Å². The van der Waals surface area contributed by atoms with Crippen molar-refractivity contribution in [3.05, 3.63) is 47.6 Å². The number of hydrogen-bond acceptors (Lipinski definition) is 4. The fraction of sp³-hybridized carbons (Fsp3) is 0.154. The summed E-state index contributed by atoms with van der Waals surface area (Å²) in [6.45, 7) is 0.584. The molecule has 0 fully saturated rings. The normalized spacial score (nSPS) is 10.3. The lowest BCUT2D eigenvalue weighted by Crippen LogP contribution is -2.00. The van der Waals surface area contributed by atoms with E-state index in [0.29, 0.717) is 17.3 Å². The van der Waals surface area contributed by atoms with Crippen LogP contribution in [0.2, 0.25) is 5.02 Å². The van der Waals surface area contributed by atoms with Gasteiger partial charge in [-0.1, -0.05) is 17.7 Å². The van der Waals surface area contributed by atoms with E-state index in [-0.39, 0.29) is 0 Å². The standard InChI is InChI=1S/C13H13ClN2OS/c14-12-5-2-6-16-13(12)18-8-7-17-11-4-1-3-10(15)9-11/h1-6,9H,7-8,15H2. The highest BCUT2D eigenvalue weighted by Gasteiger charge is 2.01. The van der Waals surface area contributed by atoms with E-state index in [9.17, 15) is 0 Å². The zero-order chi connectivity index (χ0) is 12.8. The Morgan fingerprint density at radius 1 is 1.28 bits per heavy atom. The van der Waals surface area contributed by atoms with E-state index in [4.69, 9.17) is 22.1 Å². The summed E-state index contributed by atoms with van der Waals surface area (Å²) in [5.41, 5.74) is 6.36. The second kappa shape index (κ2) is 6.52. The van der Waals surface area contributed by atoms with Crippen molar-refractivity contribution in [3.63, 3.8) is 0 Å². The molecule has 0 bridgehead atoms. The molecule has 18 heavy (non-hydrogen) atoms. The maximum absolute atomic E-state index is 6.00. The molecule has 2 N–H and O–H groups in total. The first kappa shape index (κ1) is 13.1. The fourth-order valence-electron chi connectivity index (χ4n) is 1.38. The highest BCUT2D eigenvalue weighted by Crippen LogP contribution is 2.24. The maximum atomic E-state index is 6.00. The molecular weight excluding hydrogens is 268 g/mol. The summed E-state index contributed by atoms with van der Waals surface area (Å²) >= 11 is 7.57. The fourth-order valence-corrected chi connectivity index (χ4v) is 2.37. The summed E-state index contributed by atoms with van der Waals surface area (Å²) in [7, 11) is 0. The first-order chi connectivity index (χ1) is 8.75. The molecule has 0 unspecified atom stereocenters. The smallest absolute Gasteiger partial charge is 0.121 e. The van der Waals surface area contributed by atoms with Crippen LogP contribution in [0, 0.1) is 0 Å². The van der Waals surface area contributed by atoms with Crippen LogP contribution in [-0.4, -0.2) is 17.3 Å². The van der Waals surface area contributed by atoms with E-state index in [1.807, 2.05) is 30.3 Å². The van der Waals surface area contributed by atoms with Gasteiger partial charge in [0.2, 0.25) is 0 Å². The lowest BCUT2D eigenvalue weighted by Gasteiger charge is -2.06. The van der Waals surface area contributed by atoms with Gasteiger partial charge in [0.15, 0.2) is 0 Å². The van der Waals surface area contributed by atoms with Gasteiger partial charge in [-0.25, -0.2) is 4.98 Å². The van der Waals surface area contributed by atoms with Crippen molar-refractivity contribution in [3.8, 4) is 5.75 Å². The van der Waals surface area contributed by atoms with Crippen molar-refractivity contribution in [1.82, 2.24) is 4.98 Å². The lowest BCUT2D eigenvalue weighted by molar-refractivity contribution is 0.344. The van der Waals surface area contributed by atoms with Gasteiger partial charge in [-0.3, -0.25) is 0 Å². The Kier molecular flexibility index (Phi) is 4.73. The molecule has 1 heterocycles. The summed E-state index contributed by atoms with van der Waals surface area (Å²) in [5.74, 6) is 1.56. The number of halogens is 1. The van der Waals surface area contributed by atoms with Crippen molar-refractivity contribution < 1.29 is 4.74 Å². The number of rotatable bonds is 5. The van der Waals surface area contributed by atoms with Crippen molar-refractivity contribution >= 4 is 29.1 Å². The molecule has 0 saturated heterocycles. The summed E-state index contributed by atoms with van der Waals surface area (Å²) in [6, 6.07) is 11.0. The third kappa shape index (κ3) is 3.82. The number of ether oxygens (including phenoxy) is 1. The molecule has 3 nitrogen and oxygen atoms in total. The Morgan fingerprint density at radius 3 is 2.94 bits per heavy atom. The van der Waals surface area contributed by atoms with Crippen molar-refractivity contribution in [1.29, 1.82) is 0 Å². The minimum Gasteiger partial charge on any atom is -0.493 e. The Balaban J connectivity index is 1.78. The van der Waals surface area contributed by atoms with Crippen LogP contribution in [0.3, 0.4) is 0 Å². The SMILES string of the molecule is Nc1cccc(OCCSc2ncccc2Cl)c1. The van der Waals surface area contributed by atoms with Gasteiger partial charge in [-0.2, -0.15) is 0 Å². The van der Waals surface area contributed by atoms with Crippen molar-refractivity contribution in [2.24, 2.45) is 0 Å². The number of nitrogens with two attached hydrogens (primary N) is 1. The topological polar surface area (TPSA) is 48.1 Å². The molecule has 0 spiro atoms. The first-order valence-corrected chi connectivity index (χ1v) is 6.84. The molecule has 0 aliphatic rings. The van der Waals surface area contributed by atoms with Crippen LogP contribution in [0.25, 0.3) is 0 Å². The largest absolute Gasteiger partial charge is 0.493 e. The minimum atomic E-state index is 0.584. The Bertz CT molecular complexity index is 522. The van der Waals surface area contributed by atoms with E-state index in [1.165, 1.54) is 0 Å². The zero-order valence-corrected chi connectivity index (χ0v) is 11.2. The number of anilines is 1. The van der Waals surface area contributed by atoms with Crippen LogP contribution >= 0.6 is 23.4 Å². The number of pyridine rings is 1. The molecule has 0 saturated carbocycles. The predicted molar refractivity (Wildman–Crippen MR) is 76.3 cm³/mol. The van der Waals surface area contributed by atoms with E-state index in [0.717, 1.165) is 16.5 Å². The van der Waals surface area contributed by atoms with E-state index in [1.54, 1.807) is 24.0 Å². The molecule has 2 aromatic rings. The van der Waals surface area contributed by atoms with Crippen LogP contribution in [0.5, 0.6) is 5.75 Å². The number of benzene rings is 1. The molecule has 0 amide bonds. The third-order valence-corrected chi connectivity index (χ3v) is 3.56. The molecular formula is C13H13ClN2OS. The number of thioether (sulfide) groups is 1. The van der Waals surface area contributed by atoms with Crippen LogP contribution < -0.4 is 10.5 Å². The van der Waals surface area contributed by atoms with Crippen LogP contribution in [0.15, 0.2) is 47.6 Å². The molecule has 0 aliphatic heterocycles. The average molecular weight is 281 g/mol. The second-order valence-electron chi connectivity index (χ2n) is 3.56. The van der Waals surface area contributed by atoms with Gasteiger partial charge in [0, 0.05) is 23.7 Å². The molecule has 0 atom stereocenters. The monoisotopic (exact) mass is 280 g/mol. The number of hydrogen-bond donors (Lipinski definition) is 1. The van der Waals surface area contributed by atoms with Gasteiger partial charge in [-0.05, 0) is 24.3 Å². The number of aromatic nitrogens is 1. The van der Waals surface area contributed by atoms with E-state index in [2.05, 4.69) is 4.98 Å².